The lowest BCUT2D eigenvalue weighted by atomic mass is 9.97. The molecule has 1 N–H and O–H groups in total. The van der Waals surface area contributed by atoms with Crippen molar-refractivity contribution >= 4 is 22.8 Å². The second-order valence-corrected chi connectivity index (χ2v) is 6.47. The van der Waals surface area contributed by atoms with Gasteiger partial charge >= 0.3 is 5.97 Å². The zero-order valence-corrected chi connectivity index (χ0v) is 14.4. The molecule has 6 nitrogen and oxygen atoms in total. The number of likely N-dealkylation sites (tertiary alicyclic amines) is 1. The topological polar surface area (TPSA) is 80.0 Å². The number of fused-ring (bicyclic) bond motifs is 1. The van der Waals surface area contributed by atoms with Crippen LogP contribution in [0.25, 0.3) is 11.0 Å². The molecule has 1 aromatic heterocycles. The monoisotopic (exact) mass is 345 g/mol. The van der Waals surface area contributed by atoms with Crippen molar-refractivity contribution in [2.45, 2.75) is 44.6 Å². The van der Waals surface area contributed by atoms with Gasteiger partial charge in [-0.25, -0.2) is 0 Å². The van der Waals surface area contributed by atoms with Crippen LogP contribution in [0.2, 0.25) is 0 Å². The van der Waals surface area contributed by atoms with Crippen molar-refractivity contribution in [2.24, 2.45) is 0 Å². The lowest BCUT2D eigenvalue weighted by Crippen LogP contribution is -2.44. The molecule has 0 aliphatic carbocycles. The average molecular weight is 345 g/mol. The van der Waals surface area contributed by atoms with Crippen molar-refractivity contribution in [3.8, 4) is 5.75 Å². The second kappa shape index (κ2) is 7.59. The number of rotatable bonds is 6. The molecule has 1 atom stereocenters. The van der Waals surface area contributed by atoms with Crippen molar-refractivity contribution < 1.29 is 23.8 Å². The molecule has 2 heterocycles. The number of carboxylic acid groups (broad SMARTS) is 1. The molecule has 1 fully saturated rings. The maximum atomic E-state index is 12.8. The van der Waals surface area contributed by atoms with Crippen molar-refractivity contribution in [1.29, 1.82) is 0 Å². The Morgan fingerprint density at radius 3 is 2.96 bits per heavy atom. The summed E-state index contributed by atoms with van der Waals surface area (Å²) in [5.41, 5.74) is 1.55. The summed E-state index contributed by atoms with van der Waals surface area (Å²) in [7, 11) is 1.60. The Morgan fingerprint density at radius 1 is 1.36 bits per heavy atom. The third kappa shape index (κ3) is 3.95. The summed E-state index contributed by atoms with van der Waals surface area (Å²) in [6.07, 6.45) is 5.40. The van der Waals surface area contributed by atoms with Crippen LogP contribution in [0, 0.1) is 0 Å². The zero-order chi connectivity index (χ0) is 17.8. The molecule has 0 radical (unpaired) electrons. The molecule has 0 spiro atoms. The second-order valence-electron chi connectivity index (χ2n) is 6.47. The molecule has 1 aliphatic rings. The molecule has 1 amide bonds. The summed E-state index contributed by atoms with van der Waals surface area (Å²) in [5.74, 6) is -0.0640. The largest absolute Gasteiger partial charge is 0.497 e. The molecule has 0 unspecified atom stereocenters. The van der Waals surface area contributed by atoms with Gasteiger partial charge < -0.3 is 19.2 Å². The van der Waals surface area contributed by atoms with Crippen LogP contribution in [0.5, 0.6) is 5.75 Å². The Bertz CT molecular complexity index is 766. The Morgan fingerprint density at radius 2 is 2.20 bits per heavy atom. The van der Waals surface area contributed by atoms with E-state index in [2.05, 4.69) is 0 Å². The van der Waals surface area contributed by atoms with Crippen LogP contribution in [0.1, 0.15) is 37.7 Å². The summed E-state index contributed by atoms with van der Waals surface area (Å²) < 4.78 is 10.7. The summed E-state index contributed by atoms with van der Waals surface area (Å²) in [6, 6.07) is 5.58. The molecule has 3 rings (SSSR count). The fourth-order valence-electron chi connectivity index (χ4n) is 3.51. The molecule has 6 heteroatoms. The number of hydrogen-bond donors (Lipinski definition) is 1. The van der Waals surface area contributed by atoms with E-state index >= 15 is 0 Å². The van der Waals surface area contributed by atoms with Gasteiger partial charge in [0.15, 0.2) is 0 Å². The van der Waals surface area contributed by atoms with Crippen molar-refractivity contribution in [2.75, 3.05) is 13.7 Å². The van der Waals surface area contributed by atoms with Gasteiger partial charge in [0.05, 0.1) is 19.8 Å². The predicted molar refractivity (Wildman–Crippen MR) is 92.7 cm³/mol. The van der Waals surface area contributed by atoms with Gasteiger partial charge in [0.25, 0.3) is 0 Å². The minimum Gasteiger partial charge on any atom is -0.497 e. The lowest BCUT2D eigenvalue weighted by Gasteiger charge is -2.35. The Balaban J connectivity index is 1.73. The van der Waals surface area contributed by atoms with Crippen LogP contribution < -0.4 is 4.74 Å². The third-order valence-electron chi connectivity index (χ3n) is 4.84. The molecule has 1 aromatic carbocycles. The highest BCUT2D eigenvalue weighted by Gasteiger charge is 2.27. The van der Waals surface area contributed by atoms with Crippen molar-refractivity contribution in [3.05, 3.63) is 30.0 Å². The number of methoxy groups -OCH3 is 1. The molecular weight excluding hydrogens is 322 g/mol. The number of furan rings is 1. The molecule has 0 saturated carbocycles. The zero-order valence-electron chi connectivity index (χ0n) is 14.4. The maximum absolute atomic E-state index is 12.8. The number of ether oxygens (including phenoxy) is 1. The third-order valence-corrected chi connectivity index (χ3v) is 4.84. The van der Waals surface area contributed by atoms with E-state index in [1.54, 1.807) is 19.4 Å². The summed E-state index contributed by atoms with van der Waals surface area (Å²) >= 11 is 0. The Hall–Kier alpha value is -2.50. The summed E-state index contributed by atoms with van der Waals surface area (Å²) in [6.45, 7) is 0.701. The fourth-order valence-corrected chi connectivity index (χ4v) is 3.51. The predicted octanol–water partition coefficient (Wildman–Crippen LogP) is 3.23. The highest BCUT2D eigenvalue weighted by molar-refractivity contribution is 5.88. The molecular formula is C19H23NO5. The van der Waals surface area contributed by atoms with Crippen LogP contribution in [0.4, 0.5) is 0 Å². The Kier molecular flexibility index (Phi) is 5.26. The van der Waals surface area contributed by atoms with Gasteiger partial charge in [-0.2, -0.15) is 0 Å². The van der Waals surface area contributed by atoms with Gasteiger partial charge in [-0.15, -0.1) is 0 Å². The molecule has 1 saturated heterocycles. The van der Waals surface area contributed by atoms with Gasteiger partial charge in [0.2, 0.25) is 5.91 Å². The van der Waals surface area contributed by atoms with Gasteiger partial charge in [-0.05, 0) is 37.8 Å². The first-order chi connectivity index (χ1) is 12.1. The lowest BCUT2D eigenvalue weighted by molar-refractivity contribution is -0.139. The summed E-state index contributed by atoms with van der Waals surface area (Å²) in [5, 5.41) is 9.82. The average Bonchev–Trinajstić information content (AvgIpc) is 3.02. The molecule has 1 aliphatic heterocycles. The van der Waals surface area contributed by atoms with E-state index in [1.807, 2.05) is 17.0 Å². The van der Waals surface area contributed by atoms with E-state index < -0.39 is 5.97 Å². The minimum atomic E-state index is -0.812. The number of amides is 1. The summed E-state index contributed by atoms with van der Waals surface area (Å²) in [4.78, 5) is 25.5. The highest BCUT2D eigenvalue weighted by Crippen LogP contribution is 2.27. The maximum Gasteiger partial charge on any atom is 0.303 e. The van der Waals surface area contributed by atoms with Crippen LogP contribution in [0.15, 0.2) is 28.9 Å². The SMILES string of the molecule is COc1ccc2c(CC(=O)N3CCCC[C@@H]3CCC(=O)O)coc2c1. The highest BCUT2D eigenvalue weighted by atomic mass is 16.5. The molecule has 25 heavy (non-hydrogen) atoms. The first-order valence-electron chi connectivity index (χ1n) is 8.64. The first-order valence-corrected chi connectivity index (χ1v) is 8.64. The number of nitrogens with zero attached hydrogens (tertiary/aromatic N) is 1. The number of aliphatic carboxylic acids is 1. The van der Waals surface area contributed by atoms with Crippen LogP contribution in [0.3, 0.4) is 0 Å². The van der Waals surface area contributed by atoms with E-state index in [1.165, 1.54) is 0 Å². The quantitative estimate of drug-likeness (QED) is 0.869. The van der Waals surface area contributed by atoms with E-state index in [9.17, 15) is 9.59 Å². The number of piperidine rings is 1. The smallest absolute Gasteiger partial charge is 0.303 e. The van der Waals surface area contributed by atoms with E-state index in [0.29, 0.717) is 24.3 Å². The van der Waals surface area contributed by atoms with Gasteiger partial charge in [0.1, 0.15) is 11.3 Å². The number of carboxylic acids is 1. The number of carbonyl (C=O) groups is 2. The van der Waals surface area contributed by atoms with Crippen LogP contribution in [-0.2, 0) is 16.0 Å². The van der Waals surface area contributed by atoms with Crippen LogP contribution in [-0.4, -0.2) is 41.6 Å². The molecule has 2 aromatic rings. The normalized spacial score (nSPS) is 17.6. The first kappa shape index (κ1) is 17.3. The van der Waals surface area contributed by atoms with Crippen molar-refractivity contribution in [1.82, 2.24) is 4.90 Å². The number of hydrogen-bond acceptors (Lipinski definition) is 4. The number of carbonyl (C=O) groups excluding carboxylic acids is 1. The van der Waals surface area contributed by atoms with E-state index in [0.717, 1.165) is 30.2 Å². The number of benzene rings is 1. The molecule has 134 valence electrons. The van der Waals surface area contributed by atoms with Gasteiger partial charge in [0, 0.05) is 36.0 Å². The molecule has 0 bridgehead atoms. The van der Waals surface area contributed by atoms with Gasteiger partial charge in [-0.1, -0.05) is 0 Å². The van der Waals surface area contributed by atoms with Crippen LogP contribution >= 0.6 is 0 Å². The van der Waals surface area contributed by atoms with Crippen molar-refractivity contribution in [3.63, 3.8) is 0 Å². The minimum absolute atomic E-state index is 0.0237. The van der Waals surface area contributed by atoms with E-state index in [4.69, 9.17) is 14.3 Å². The Labute approximate surface area is 146 Å². The standard InChI is InChI=1S/C19H23NO5/c1-24-15-6-7-16-13(12-25-17(16)11-15)10-18(21)20-9-3-2-4-14(20)5-8-19(22)23/h6-7,11-12,14H,2-5,8-10H2,1H3,(H,22,23)/t14-/m1/s1. The van der Waals surface area contributed by atoms with E-state index in [-0.39, 0.29) is 24.8 Å². The van der Waals surface area contributed by atoms with Gasteiger partial charge in [-0.3, -0.25) is 9.59 Å². The fraction of sp³-hybridized carbons (Fsp3) is 0.474.